The van der Waals surface area contributed by atoms with E-state index in [1.54, 1.807) is 7.11 Å². The van der Waals surface area contributed by atoms with Crippen molar-refractivity contribution in [2.24, 2.45) is 7.05 Å². The highest BCUT2D eigenvalue weighted by Crippen LogP contribution is 2.21. The summed E-state index contributed by atoms with van der Waals surface area (Å²) in [6, 6.07) is 6.67. The lowest BCUT2D eigenvalue weighted by molar-refractivity contribution is 0.188. The van der Waals surface area contributed by atoms with Crippen molar-refractivity contribution in [2.75, 3.05) is 20.2 Å². The lowest BCUT2D eigenvalue weighted by Gasteiger charge is -2.32. The zero-order valence-corrected chi connectivity index (χ0v) is 14.8. The van der Waals surface area contributed by atoms with Gasteiger partial charge in [0.2, 0.25) is 5.88 Å². The minimum Gasteiger partial charge on any atom is -0.481 e. The number of hydrogen-bond acceptors (Lipinski definition) is 5. The zero-order chi connectivity index (χ0) is 16.9. The molecule has 0 unspecified atom stereocenters. The molecule has 2 aromatic heterocycles. The number of pyridine rings is 1. The first-order chi connectivity index (χ1) is 11.7. The van der Waals surface area contributed by atoms with Crippen LogP contribution in [0, 0.1) is 6.92 Å². The molecule has 0 amide bonds. The molecule has 2 aromatic rings. The van der Waals surface area contributed by atoms with E-state index >= 15 is 0 Å². The predicted molar refractivity (Wildman–Crippen MR) is 93.9 cm³/mol. The van der Waals surface area contributed by atoms with Gasteiger partial charge >= 0.3 is 0 Å². The van der Waals surface area contributed by atoms with Gasteiger partial charge in [-0.1, -0.05) is 6.07 Å². The summed E-state index contributed by atoms with van der Waals surface area (Å²) in [7, 11) is 3.63. The fourth-order valence-corrected chi connectivity index (χ4v) is 3.40. The summed E-state index contributed by atoms with van der Waals surface area (Å²) in [4.78, 5) is 6.90. The van der Waals surface area contributed by atoms with Crippen LogP contribution in [-0.2, 0) is 20.1 Å². The molecule has 3 rings (SSSR count). The molecule has 0 spiro atoms. The lowest BCUT2D eigenvalue weighted by atomic mass is 10.0. The van der Waals surface area contributed by atoms with E-state index in [-0.39, 0.29) is 0 Å². The van der Waals surface area contributed by atoms with Crippen LogP contribution in [0.2, 0.25) is 0 Å². The van der Waals surface area contributed by atoms with Crippen molar-refractivity contribution in [1.29, 1.82) is 0 Å². The van der Waals surface area contributed by atoms with Gasteiger partial charge in [0, 0.05) is 45.5 Å². The molecule has 3 heterocycles. The third kappa shape index (κ3) is 3.94. The molecule has 1 fully saturated rings. The molecule has 6 nitrogen and oxygen atoms in total. The number of aromatic nitrogens is 3. The van der Waals surface area contributed by atoms with Crippen LogP contribution in [0.3, 0.4) is 0 Å². The van der Waals surface area contributed by atoms with Crippen LogP contribution in [0.25, 0.3) is 0 Å². The van der Waals surface area contributed by atoms with E-state index in [1.165, 1.54) is 0 Å². The summed E-state index contributed by atoms with van der Waals surface area (Å²) in [5.41, 5.74) is 3.35. The van der Waals surface area contributed by atoms with Crippen LogP contribution >= 0.6 is 0 Å². The molecule has 1 aliphatic heterocycles. The van der Waals surface area contributed by atoms with Gasteiger partial charge in [0.25, 0.3) is 0 Å². The Morgan fingerprint density at radius 1 is 1.29 bits per heavy atom. The number of nitrogens with one attached hydrogen (secondary N) is 1. The van der Waals surface area contributed by atoms with Crippen LogP contribution in [-0.4, -0.2) is 45.9 Å². The van der Waals surface area contributed by atoms with Gasteiger partial charge in [-0.25, -0.2) is 4.68 Å². The average molecular weight is 329 g/mol. The van der Waals surface area contributed by atoms with Gasteiger partial charge < -0.3 is 10.1 Å². The fraction of sp³-hybridized carbons (Fsp3) is 0.556. The molecule has 130 valence electrons. The second kappa shape index (κ2) is 7.77. The van der Waals surface area contributed by atoms with Gasteiger partial charge in [-0.3, -0.25) is 9.88 Å². The quantitative estimate of drug-likeness (QED) is 0.877. The zero-order valence-electron chi connectivity index (χ0n) is 14.8. The second-order valence-electron chi connectivity index (χ2n) is 6.45. The number of aryl methyl sites for hydroxylation is 2. The van der Waals surface area contributed by atoms with E-state index in [1.807, 2.05) is 30.9 Å². The number of nitrogens with zero attached hydrogens (tertiary/aromatic N) is 4. The summed E-state index contributed by atoms with van der Waals surface area (Å²) in [5.74, 6) is 0.854. The molecule has 0 radical (unpaired) electrons. The average Bonchev–Trinajstić information content (AvgIpc) is 2.88. The predicted octanol–water partition coefficient (Wildman–Crippen LogP) is 1.89. The Hall–Kier alpha value is -1.92. The molecule has 0 atom stereocenters. The lowest BCUT2D eigenvalue weighted by Crippen LogP contribution is -2.42. The second-order valence-corrected chi connectivity index (χ2v) is 6.45. The van der Waals surface area contributed by atoms with E-state index in [4.69, 9.17) is 4.74 Å². The Morgan fingerprint density at radius 3 is 2.75 bits per heavy atom. The topological polar surface area (TPSA) is 55.2 Å². The highest BCUT2D eigenvalue weighted by Gasteiger charge is 2.21. The van der Waals surface area contributed by atoms with Crippen LogP contribution in [0.1, 0.15) is 29.8 Å². The molecular weight excluding hydrogens is 302 g/mol. The molecule has 1 aliphatic rings. The molecule has 0 bridgehead atoms. The van der Waals surface area contributed by atoms with E-state index in [2.05, 4.69) is 32.4 Å². The Bertz CT molecular complexity index is 647. The SMILES string of the molecule is COc1c(CNC2CCN(Cc3ccccn3)CC2)c(C)nn1C. The van der Waals surface area contributed by atoms with E-state index < -0.39 is 0 Å². The van der Waals surface area contributed by atoms with Crippen molar-refractivity contribution in [3.05, 3.63) is 41.3 Å². The van der Waals surface area contributed by atoms with Gasteiger partial charge in [0.1, 0.15) is 0 Å². The number of rotatable bonds is 6. The standard InChI is InChI=1S/C18H27N5O/c1-14-17(18(24-3)22(2)21-14)12-20-15-7-10-23(11-8-15)13-16-6-4-5-9-19-16/h4-6,9,15,20H,7-8,10-13H2,1-3H3. The Kier molecular flexibility index (Phi) is 5.48. The summed E-state index contributed by atoms with van der Waals surface area (Å²) in [5, 5.41) is 8.12. The summed E-state index contributed by atoms with van der Waals surface area (Å²) in [6.07, 6.45) is 4.19. The third-order valence-corrected chi connectivity index (χ3v) is 4.75. The smallest absolute Gasteiger partial charge is 0.216 e. The van der Waals surface area contributed by atoms with Crippen molar-refractivity contribution in [1.82, 2.24) is 25.0 Å². The van der Waals surface area contributed by atoms with Crippen molar-refractivity contribution in [3.63, 3.8) is 0 Å². The van der Waals surface area contributed by atoms with Crippen LogP contribution in [0.5, 0.6) is 5.88 Å². The fourth-order valence-electron chi connectivity index (χ4n) is 3.40. The largest absolute Gasteiger partial charge is 0.481 e. The molecule has 6 heteroatoms. The van der Waals surface area contributed by atoms with Crippen LogP contribution < -0.4 is 10.1 Å². The number of likely N-dealkylation sites (tertiary alicyclic amines) is 1. The molecule has 0 aliphatic carbocycles. The van der Waals surface area contributed by atoms with Gasteiger partial charge in [0.05, 0.1) is 24.1 Å². The van der Waals surface area contributed by atoms with E-state index in [0.717, 1.165) is 61.9 Å². The molecule has 0 aromatic carbocycles. The first kappa shape index (κ1) is 16.9. The van der Waals surface area contributed by atoms with Crippen molar-refractivity contribution in [2.45, 2.75) is 38.9 Å². The monoisotopic (exact) mass is 329 g/mol. The number of piperidine rings is 1. The highest BCUT2D eigenvalue weighted by molar-refractivity contribution is 5.30. The highest BCUT2D eigenvalue weighted by atomic mass is 16.5. The molecule has 24 heavy (non-hydrogen) atoms. The first-order valence-electron chi connectivity index (χ1n) is 8.59. The first-order valence-corrected chi connectivity index (χ1v) is 8.59. The van der Waals surface area contributed by atoms with E-state index in [9.17, 15) is 0 Å². The van der Waals surface area contributed by atoms with Crippen molar-refractivity contribution < 1.29 is 4.74 Å². The Labute approximate surface area is 143 Å². The van der Waals surface area contributed by atoms with Crippen LogP contribution in [0.15, 0.2) is 24.4 Å². The van der Waals surface area contributed by atoms with Crippen molar-refractivity contribution in [3.8, 4) is 5.88 Å². The summed E-state index contributed by atoms with van der Waals surface area (Å²) >= 11 is 0. The minimum absolute atomic E-state index is 0.550. The maximum atomic E-state index is 5.47. The maximum absolute atomic E-state index is 5.47. The van der Waals surface area contributed by atoms with Crippen LogP contribution in [0.4, 0.5) is 0 Å². The number of methoxy groups -OCH3 is 1. The van der Waals surface area contributed by atoms with Crippen molar-refractivity contribution >= 4 is 0 Å². The summed E-state index contributed by atoms with van der Waals surface area (Å²) in [6.45, 7) is 6.01. The molecular formula is C18H27N5O. The van der Waals surface area contributed by atoms with Gasteiger partial charge in [0.15, 0.2) is 0 Å². The van der Waals surface area contributed by atoms with E-state index in [0.29, 0.717) is 6.04 Å². The Morgan fingerprint density at radius 2 is 2.08 bits per heavy atom. The summed E-state index contributed by atoms with van der Waals surface area (Å²) < 4.78 is 7.27. The third-order valence-electron chi connectivity index (χ3n) is 4.75. The molecule has 1 saturated heterocycles. The minimum atomic E-state index is 0.550. The normalized spacial score (nSPS) is 16.5. The van der Waals surface area contributed by atoms with Gasteiger partial charge in [-0.15, -0.1) is 0 Å². The van der Waals surface area contributed by atoms with Gasteiger partial charge in [-0.2, -0.15) is 5.10 Å². The number of hydrogen-bond donors (Lipinski definition) is 1. The Balaban J connectivity index is 1.48. The molecule has 1 N–H and O–H groups in total. The molecule has 0 saturated carbocycles. The maximum Gasteiger partial charge on any atom is 0.216 e. The number of ether oxygens (including phenoxy) is 1. The van der Waals surface area contributed by atoms with Gasteiger partial charge in [-0.05, 0) is 31.9 Å².